The van der Waals surface area contributed by atoms with E-state index in [-0.39, 0.29) is 30.3 Å². The second-order valence-corrected chi connectivity index (χ2v) is 6.58. The van der Waals surface area contributed by atoms with Gasteiger partial charge in [-0.2, -0.15) is 0 Å². The van der Waals surface area contributed by atoms with E-state index in [9.17, 15) is 9.59 Å². The first-order valence-corrected chi connectivity index (χ1v) is 7.80. The molecule has 0 aromatic carbocycles. The van der Waals surface area contributed by atoms with E-state index in [1.54, 1.807) is 11.3 Å². The van der Waals surface area contributed by atoms with Gasteiger partial charge in [0.25, 0.3) is 0 Å². The SMILES string of the molecule is CCC(C)N1C(=O)CC(NC(C)c2ncc(C)s2)C1=O. The number of hydrogen-bond acceptors (Lipinski definition) is 5. The lowest BCUT2D eigenvalue weighted by Crippen LogP contribution is -2.43. The molecule has 0 saturated carbocycles. The number of nitrogens with one attached hydrogen (secondary N) is 1. The van der Waals surface area contributed by atoms with Crippen LogP contribution in [0.25, 0.3) is 0 Å². The van der Waals surface area contributed by atoms with Gasteiger partial charge in [-0.3, -0.25) is 19.8 Å². The van der Waals surface area contributed by atoms with Crippen LogP contribution in [0, 0.1) is 6.92 Å². The molecule has 0 radical (unpaired) electrons. The highest BCUT2D eigenvalue weighted by molar-refractivity contribution is 7.11. The highest BCUT2D eigenvalue weighted by Gasteiger charge is 2.41. The van der Waals surface area contributed by atoms with Gasteiger partial charge in [-0.1, -0.05) is 6.92 Å². The van der Waals surface area contributed by atoms with E-state index in [1.807, 2.05) is 33.9 Å². The summed E-state index contributed by atoms with van der Waals surface area (Å²) >= 11 is 1.61. The summed E-state index contributed by atoms with van der Waals surface area (Å²) in [5, 5.41) is 4.18. The highest BCUT2D eigenvalue weighted by atomic mass is 32.1. The molecule has 1 saturated heterocycles. The fraction of sp³-hybridized carbons (Fsp3) is 0.643. The summed E-state index contributed by atoms with van der Waals surface area (Å²) in [5.74, 6) is -0.186. The minimum absolute atomic E-state index is 0.0210. The number of likely N-dealkylation sites (tertiary alicyclic amines) is 1. The van der Waals surface area contributed by atoms with E-state index < -0.39 is 6.04 Å². The number of nitrogens with zero attached hydrogens (tertiary/aromatic N) is 2. The summed E-state index contributed by atoms with van der Waals surface area (Å²) in [5.41, 5.74) is 0. The predicted molar refractivity (Wildman–Crippen MR) is 78.4 cm³/mol. The fourth-order valence-electron chi connectivity index (χ4n) is 2.37. The number of rotatable bonds is 5. The third kappa shape index (κ3) is 2.91. The molecule has 5 nitrogen and oxygen atoms in total. The molecule has 0 aliphatic carbocycles. The molecule has 1 aliphatic rings. The Morgan fingerprint density at radius 3 is 2.75 bits per heavy atom. The molecule has 6 heteroatoms. The quantitative estimate of drug-likeness (QED) is 0.844. The summed E-state index contributed by atoms with van der Waals surface area (Å²) < 4.78 is 0. The van der Waals surface area contributed by atoms with Crippen LogP contribution in [0.15, 0.2) is 6.20 Å². The maximum atomic E-state index is 12.3. The molecule has 20 heavy (non-hydrogen) atoms. The third-order valence-electron chi connectivity index (χ3n) is 3.68. The molecule has 1 aliphatic heterocycles. The lowest BCUT2D eigenvalue weighted by atomic mass is 10.2. The average molecular weight is 295 g/mol. The van der Waals surface area contributed by atoms with Crippen LogP contribution in [0.2, 0.25) is 0 Å². The zero-order chi connectivity index (χ0) is 14.9. The Bertz CT molecular complexity index is 514. The van der Waals surface area contributed by atoms with Crippen molar-refractivity contribution in [3.8, 4) is 0 Å². The van der Waals surface area contributed by atoms with Gasteiger partial charge < -0.3 is 0 Å². The van der Waals surface area contributed by atoms with Crippen LogP contribution >= 0.6 is 11.3 Å². The topological polar surface area (TPSA) is 62.3 Å². The van der Waals surface area contributed by atoms with E-state index >= 15 is 0 Å². The van der Waals surface area contributed by atoms with E-state index in [0.29, 0.717) is 0 Å². The van der Waals surface area contributed by atoms with Crippen LogP contribution in [0.5, 0.6) is 0 Å². The molecule has 110 valence electrons. The molecule has 0 spiro atoms. The molecule has 3 unspecified atom stereocenters. The highest BCUT2D eigenvalue weighted by Crippen LogP contribution is 2.23. The molecule has 2 heterocycles. The Morgan fingerprint density at radius 1 is 1.50 bits per heavy atom. The third-order valence-corrected chi connectivity index (χ3v) is 4.77. The van der Waals surface area contributed by atoms with Crippen molar-refractivity contribution >= 4 is 23.2 Å². The molecule has 0 bridgehead atoms. The van der Waals surface area contributed by atoms with Crippen LogP contribution in [0.4, 0.5) is 0 Å². The van der Waals surface area contributed by atoms with Crippen molar-refractivity contribution < 1.29 is 9.59 Å². The second kappa shape index (κ2) is 6.01. The lowest BCUT2D eigenvalue weighted by molar-refractivity contribution is -0.141. The van der Waals surface area contributed by atoms with Gasteiger partial charge in [0.2, 0.25) is 11.8 Å². The number of thiazole rings is 1. The van der Waals surface area contributed by atoms with Gasteiger partial charge in [0.05, 0.1) is 18.5 Å². The Balaban J connectivity index is 2.04. The Labute approximate surface area is 123 Å². The van der Waals surface area contributed by atoms with E-state index in [0.717, 1.165) is 16.3 Å². The van der Waals surface area contributed by atoms with Gasteiger partial charge in [-0.25, -0.2) is 4.98 Å². The Morgan fingerprint density at radius 2 is 2.20 bits per heavy atom. The van der Waals surface area contributed by atoms with Crippen molar-refractivity contribution in [2.24, 2.45) is 0 Å². The monoisotopic (exact) mass is 295 g/mol. The van der Waals surface area contributed by atoms with Gasteiger partial charge in [0.1, 0.15) is 5.01 Å². The van der Waals surface area contributed by atoms with Gasteiger partial charge >= 0.3 is 0 Å². The zero-order valence-corrected chi connectivity index (χ0v) is 13.2. The zero-order valence-electron chi connectivity index (χ0n) is 12.3. The van der Waals surface area contributed by atoms with Gasteiger partial charge in [-0.15, -0.1) is 11.3 Å². The van der Waals surface area contributed by atoms with Crippen molar-refractivity contribution in [3.63, 3.8) is 0 Å². The molecule has 3 atom stereocenters. The summed E-state index contributed by atoms with van der Waals surface area (Å²) in [4.78, 5) is 31.1. The standard InChI is InChI=1S/C14H21N3O2S/c1-5-8(2)17-12(18)6-11(14(17)19)16-10(4)13-15-7-9(3)20-13/h7-8,10-11,16H,5-6H2,1-4H3. The molecule has 1 aromatic rings. The number of aromatic nitrogens is 1. The van der Waals surface area contributed by atoms with Crippen LogP contribution in [-0.2, 0) is 9.59 Å². The van der Waals surface area contributed by atoms with Crippen molar-refractivity contribution in [3.05, 3.63) is 16.1 Å². The number of carbonyl (C=O) groups excluding carboxylic acids is 2. The Kier molecular flexibility index (Phi) is 4.55. The minimum Gasteiger partial charge on any atom is -0.297 e. The number of imide groups is 1. The van der Waals surface area contributed by atoms with E-state index in [2.05, 4.69) is 10.3 Å². The molecular weight excluding hydrogens is 274 g/mol. The maximum Gasteiger partial charge on any atom is 0.247 e. The van der Waals surface area contributed by atoms with Gasteiger partial charge in [-0.05, 0) is 27.2 Å². The number of hydrogen-bond donors (Lipinski definition) is 1. The van der Waals surface area contributed by atoms with Crippen molar-refractivity contribution in [2.45, 2.75) is 58.7 Å². The van der Waals surface area contributed by atoms with Crippen LogP contribution < -0.4 is 5.32 Å². The maximum absolute atomic E-state index is 12.3. The fourth-order valence-corrected chi connectivity index (χ4v) is 3.16. The predicted octanol–water partition coefficient (Wildman–Crippen LogP) is 2.03. The minimum atomic E-state index is -0.421. The normalized spacial score (nSPS) is 22.4. The van der Waals surface area contributed by atoms with Crippen molar-refractivity contribution in [1.29, 1.82) is 0 Å². The van der Waals surface area contributed by atoms with Crippen LogP contribution in [0.1, 0.15) is 49.5 Å². The van der Waals surface area contributed by atoms with E-state index in [1.165, 1.54) is 4.90 Å². The van der Waals surface area contributed by atoms with Gasteiger partial charge in [0, 0.05) is 17.1 Å². The first-order chi connectivity index (χ1) is 9.43. The molecule has 1 aromatic heterocycles. The summed E-state index contributed by atoms with van der Waals surface area (Å²) in [6.45, 7) is 7.86. The summed E-state index contributed by atoms with van der Waals surface area (Å²) in [6.07, 6.45) is 2.86. The van der Waals surface area contributed by atoms with Crippen LogP contribution in [-0.4, -0.2) is 33.8 Å². The largest absolute Gasteiger partial charge is 0.297 e. The first-order valence-electron chi connectivity index (χ1n) is 6.98. The first kappa shape index (κ1) is 15.1. The Hall–Kier alpha value is -1.27. The van der Waals surface area contributed by atoms with Crippen molar-refractivity contribution in [2.75, 3.05) is 0 Å². The second-order valence-electron chi connectivity index (χ2n) is 5.31. The van der Waals surface area contributed by atoms with Crippen molar-refractivity contribution in [1.82, 2.24) is 15.2 Å². The summed E-state index contributed by atoms with van der Waals surface area (Å²) in [6, 6.07) is -0.470. The number of carbonyl (C=O) groups is 2. The molecular formula is C14H21N3O2S. The van der Waals surface area contributed by atoms with Crippen LogP contribution in [0.3, 0.4) is 0 Å². The molecule has 2 rings (SSSR count). The molecule has 2 amide bonds. The lowest BCUT2D eigenvalue weighted by Gasteiger charge is -2.22. The van der Waals surface area contributed by atoms with Gasteiger partial charge in [0.15, 0.2) is 0 Å². The van der Waals surface area contributed by atoms with E-state index in [4.69, 9.17) is 0 Å². The smallest absolute Gasteiger partial charge is 0.247 e. The number of amides is 2. The average Bonchev–Trinajstić information content (AvgIpc) is 2.94. The number of aryl methyl sites for hydroxylation is 1. The molecule has 1 fully saturated rings. The molecule has 1 N–H and O–H groups in total. The summed E-state index contributed by atoms with van der Waals surface area (Å²) in [7, 11) is 0.